The van der Waals surface area contributed by atoms with Crippen LogP contribution in [0, 0.1) is 0 Å². The van der Waals surface area contributed by atoms with E-state index in [1.165, 1.54) is 7.05 Å². The maximum atomic E-state index is 13.8. The molecule has 0 bridgehead atoms. The summed E-state index contributed by atoms with van der Waals surface area (Å²) >= 11 is 0. The Labute approximate surface area is 230 Å². The predicted molar refractivity (Wildman–Crippen MR) is 149 cm³/mol. The quantitative estimate of drug-likeness (QED) is 0.134. The number of aliphatic hydroxyl groups excluding tert-OH is 1. The van der Waals surface area contributed by atoms with E-state index >= 15 is 0 Å². The third kappa shape index (κ3) is 6.00. The molecule has 0 radical (unpaired) electrons. The van der Waals surface area contributed by atoms with Gasteiger partial charge >= 0.3 is 0 Å². The van der Waals surface area contributed by atoms with Gasteiger partial charge in [0.2, 0.25) is 5.90 Å². The molecule has 12 nitrogen and oxygen atoms in total. The number of aliphatic imine (C=N–C) groups is 1. The molecule has 12 heteroatoms. The molecular formula is C28H28N8O4. The van der Waals surface area contributed by atoms with Crippen LogP contribution in [0.2, 0.25) is 0 Å². The number of nitrogens with zero attached hydrogens (tertiary/aromatic N) is 7. The van der Waals surface area contributed by atoms with Crippen molar-refractivity contribution in [2.24, 2.45) is 15.2 Å². The van der Waals surface area contributed by atoms with Gasteiger partial charge in [0.25, 0.3) is 5.91 Å². The van der Waals surface area contributed by atoms with Crippen molar-refractivity contribution in [1.82, 2.24) is 5.32 Å². The number of carbonyl (C=O) groups excluding carboxylic acids is 1. The largest absolute Gasteiger partial charge is 0.494 e. The van der Waals surface area contributed by atoms with Gasteiger partial charge in [-0.1, -0.05) is 58.8 Å². The Bertz CT molecular complexity index is 1480. The first-order valence-electron chi connectivity index (χ1n) is 12.6. The van der Waals surface area contributed by atoms with Crippen LogP contribution in [0.1, 0.15) is 34.8 Å². The Morgan fingerprint density at radius 3 is 2.50 bits per heavy atom. The van der Waals surface area contributed by atoms with Crippen LogP contribution in [-0.4, -0.2) is 42.7 Å². The van der Waals surface area contributed by atoms with Crippen molar-refractivity contribution in [3.8, 4) is 5.75 Å². The first kappa shape index (κ1) is 28.0. The van der Waals surface area contributed by atoms with Crippen molar-refractivity contribution in [3.63, 3.8) is 0 Å². The summed E-state index contributed by atoms with van der Waals surface area (Å²) in [4.78, 5) is 24.5. The number of carbonyl (C=O) groups is 1. The summed E-state index contributed by atoms with van der Waals surface area (Å²) in [5.74, 6) is 0.467. The molecule has 3 aromatic rings. The van der Waals surface area contributed by atoms with Crippen LogP contribution >= 0.6 is 0 Å². The average molecular weight is 541 g/mol. The van der Waals surface area contributed by atoms with Crippen LogP contribution in [0.4, 0.5) is 5.69 Å². The van der Waals surface area contributed by atoms with E-state index in [-0.39, 0.29) is 25.5 Å². The van der Waals surface area contributed by atoms with Gasteiger partial charge in [-0.2, -0.15) is 0 Å². The molecule has 4 rings (SSSR count). The first-order valence-corrected chi connectivity index (χ1v) is 12.6. The standard InChI is InChI=1S/C28H28N8O4/c1-31-27(38)28(17-20-7-3-5-10-24(20)34-36-30)25(23-9-4-2-8-21(23)18-32-35-29)40-26(33-28)19-11-13-22(14-12-19)39-16-6-15-37/h2-5,7-14,25,37H,6,15-18H2,1H3,(H,31,38)/t25-,28-/m1/s1. The second-order valence-corrected chi connectivity index (χ2v) is 8.95. The van der Waals surface area contributed by atoms with Gasteiger partial charge in [0, 0.05) is 47.6 Å². The molecule has 0 aromatic heterocycles. The molecule has 0 aliphatic carbocycles. The van der Waals surface area contributed by atoms with E-state index in [0.717, 1.165) is 0 Å². The van der Waals surface area contributed by atoms with Crippen LogP contribution in [0.15, 0.2) is 88.0 Å². The van der Waals surface area contributed by atoms with E-state index in [1.807, 2.05) is 24.3 Å². The number of hydrogen-bond donors (Lipinski definition) is 2. The fourth-order valence-electron chi connectivity index (χ4n) is 4.61. The summed E-state index contributed by atoms with van der Waals surface area (Å²) < 4.78 is 12.1. The lowest BCUT2D eigenvalue weighted by Crippen LogP contribution is -2.49. The summed E-state index contributed by atoms with van der Waals surface area (Å²) in [6.07, 6.45) is -0.318. The number of aliphatic hydroxyl groups is 1. The molecule has 1 aliphatic rings. The molecule has 0 unspecified atom stereocenters. The molecule has 2 atom stereocenters. The molecule has 40 heavy (non-hydrogen) atoms. The van der Waals surface area contributed by atoms with Crippen molar-refractivity contribution in [3.05, 3.63) is 116 Å². The molecule has 0 saturated heterocycles. The zero-order valence-electron chi connectivity index (χ0n) is 21.8. The summed E-state index contributed by atoms with van der Waals surface area (Å²) in [6.45, 7) is 0.470. The smallest absolute Gasteiger partial charge is 0.252 e. The highest BCUT2D eigenvalue weighted by atomic mass is 16.5. The molecule has 2 N–H and O–H groups in total. The molecule has 1 amide bonds. The minimum absolute atomic E-state index is 0.0374. The lowest BCUT2D eigenvalue weighted by Gasteiger charge is -2.31. The summed E-state index contributed by atoms with van der Waals surface area (Å²) in [6, 6.07) is 21.4. The topological polar surface area (TPSA) is 178 Å². The van der Waals surface area contributed by atoms with Gasteiger partial charge in [-0.3, -0.25) is 4.79 Å². The number of azide groups is 2. The van der Waals surface area contributed by atoms with Gasteiger partial charge in [-0.05, 0) is 52.0 Å². The third-order valence-electron chi connectivity index (χ3n) is 6.50. The summed E-state index contributed by atoms with van der Waals surface area (Å²) in [7, 11) is 1.53. The minimum atomic E-state index is -1.49. The monoisotopic (exact) mass is 540 g/mol. The summed E-state index contributed by atoms with van der Waals surface area (Å²) in [5.41, 5.74) is 19.5. The Morgan fingerprint density at radius 2 is 1.80 bits per heavy atom. The average Bonchev–Trinajstić information content (AvgIpc) is 3.37. The van der Waals surface area contributed by atoms with E-state index in [4.69, 9.17) is 30.6 Å². The molecule has 0 spiro atoms. The Kier molecular flexibility index (Phi) is 9.22. The van der Waals surface area contributed by atoms with E-state index in [2.05, 4.69) is 25.4 Å². The number of nitrogens with one attached hydrogen (secondary N) is 1. The number of amides is 1. The lowest BCUT2D eigenvalue weighted by atomic mass is 9.80. The molecular weight excluding hydrogens is 512 g/mol. The van der Waals surface area contributed by atoms with E-state index in [1.54, 1.807) is 48.5 Å². The Balaban J connectivity index is 1.85. The molecule has 204 valence electrons. The van der Waals surface area contributed by atoms with Gasteiger partial charge in [0.15, 0.2) is 11.6 Å². The van der Waals surface area contributed by atoms with Crippen molar-refractivity contribution < 1.29 is 19.4 Å². The lowest BCUT2D eigenvalue weighted by molar-refractivity contribution is -0.128. The van der Waals surface area contributed by atoms with Crippen LogP contribution in [0.3, 0.4) is 0 Å². The fraction of sp³-hybridized carbons (Fsp3) is 0.286. The van der Waals surface area contributed by atoms with Crippen LogP contribution in [-0.2, 0) is 22.5 Å². The zero-order chi connectivity index (χ0) is 28.4. The molecule has 0 saturated carbocycles. The highest BCUT2D eigenvalue weighted by molar-refractivity contribution is 6.01. The van der Waals surface area contributed by atoms with Crippen molar-refractivity contribution in [1.29, 1.82) is 0 Å². The van der Waals surface area contributed by atoms with E-state index in [0.29, 0.717) is 46.7 Å². The van der Waals surface area contributed by atoms with Crippen molar-refractivity contribution in [2.45, 2.75) is 31.0 Å². The van der Waals surface area contributed by atoms with Crippen LogP contribution in [0.25, 0.3) is 20.9 Å². The van der Waals surface area contributed by atoms with Crippen LogP contribution in [0.5, 0.6) is 5.75 Å². The normalized spacial score (nSPS) is 17.6. The number of rotatable bonds is 12. The van der Waals surface area contributed by atoms with Gasteiger partial charge in [-0.15, -0.1) is 0 Å². The van der Waals surface area contributed by atoms with E-state index in [9.17, 15) is 4.79 Å². The van der Waals surface area contributed by atoms with Crippen molar-refractivity contribution >= 4 is 17.5 Å². The second-order valence-electron chi connectivity index (χ2n) is 8.95. The van der Waals surface area contributed by atoms with E-state index < -0.39 is 17.6 Å². The number of likely N-dealkylation sites (N-methyl/N-ethyl adjacent to an activating group) is 1. The number of benzene rings is 3. The third-order valence-corrected chi connectivity index (χ3v) is 6.50. The van der Waals surface area contributed by atoms with Crippen molar-refractivity contribution in [2.75, 3.05) is 20.3 Å². The maximum Gasteiger partial charge on any atom is 0.252 e. The minimum Gasteiger partial charge on any atom is -0.494 e. The van der Waals surface area contributed by atoms with Gasteiger partial charge in [0.1, 0.15) is 5.75 Å². The van der Waals surface area contributed by atoms with Gasteiger partial charge in [-0.25, -0.2) is 4.99 Å². The summed E-state index contributed by atoms with van der Waals surface area (Å²) in [5, 5.41) is 19.3. The molecule has 3 aromatic carbocycles. The molecule has 1 aliphatic heterocycles. The Morgan fingerprint density at radius 1 is 1.07 bits per heavy atom. The first-order chi connectivity index (χ1) is 19.6. The highest BCUT2D eigenvalue weighted by Crippen LogP contribution is 2.44. The maximum absolute atomic E-state index is 13.8. The number of ether oxygens (including phenoxy) is 2. The SMILES string of the molecule is CNC(=O)[C@]1(Cc2ccccc2N=[N+]=[N-])N=C(c2ccc(OCCCO)cc2)O[C@@H]1c1ccccc1CN=[N+]=[N-]. The highest BCUT2D eigenvalue weighted by Gasteiger charge is 2.53. The molecule has 0 fully saturated rings. The van der Waals surface area contributed by atoms with Crippen LogP contribution < -0.4 is 10.1 Å². The number of hydrogen-bond acceptors (Lipinski definition) is 7. The van der Waals surface area contributed by atoms with Gasteiger partial charge in [0.05, 0.1) is 13.2 Å². The van der Waals surface area contributed by atoms with Gasteiger partial charge < -0.3 is 19.9 Å². The Hall–Kier alpha value is -5.02. The predicted octanol–water partition coefficient (Wildman–Crippen LogP) is 5.45. The molecule has 1 heterocycles. The fourth-order valence-corrected chi connectivity index (χ4v) is 4.61. The second kappa shape index (κ2) is 13.2. The zero-order valence-corrected chi connectivity index (χ0v) is 21.8.